The molecule has 0 spiro atoms. The first-order chi connectivity index (χ1) is 13.7. The lowest BCUT2D eigenvalue weighted by Crippen LogP contribution is -2.19. The number of halogens is 4. The lowest BCUT2D eigenvalue weighted by atomic mass is 9.81. The van der Waals surface area contributed by atoms with Crippen molar-refractivity contribution in [3.63, 3.8) is 0 Å². The molecule has 10 heteroatoms. The monoisotopic (exact) mass is 424 g/mol. The molecule has 2 heterocycles. The summed E-state index contributed by atoms with van der Waals surface area (Å²) in [6.45, 7) is 1.50. The molecule has 2 aromatic heterocycles. The topological polar surface area (TPSA) is 68.5 Å². The highest BCUT2D eigenvalue weighted by Gasteiger charge is 2.31. The van der Waals surface area contributed by atoms with Crippen molar-refractivity contribution in [2.45, 2.75) is 38.3 Å². The lowest BCUT2D eigenvalue weighted by molar-refractivity contribution is -0.137. The molecular weight excluding hydrogens is 409 g/mol. The van der Waals surface area contributed by atoms with Gasteiger partial charge in [0.2, 0.25) is 5.88 Å². The zero-order valence-electron chi connectivity index (χ0n) is 15.3. The van der Waals surface area contributed by atoms with Gasteiger partial charge >= 0.3 is 12.3 Å². The standard InChI is InChI=1S/C19H16ClF3N4O2/c1-10-5-12(19(21,22)23)7-13(6-10)25-18(28)29-16-8-15(20)26-17-14(9-24-27(16)17)11-3-2-4-11/h5-9,11H,2-4H2,1H3,(H,25,28). The summed E-state index contributed by atoms with van der Waals surface area (Å²) in [4.78, 5) is 16.6. The molecule has 29 heavy (non-hydrogen) atoms. The number of rotatable bonds is 3. The fourth-order valence-corrected chi connectivity index (χ4v) is 3.43. The molecule has 0 atom stereocenters. The number of amides is 1. The molecule has 0 bridgehead atoms. The van der Waals surface area contributed by atoms with Crippen LogP contribution >= 0.6 is 11.6 Å². The number of hydrogen-bond donors (Lipinski definition) is 1. The van der Waals surface area contributed by atoms with Crippen LogP contribution in [0.2, 0.25) is 5.15 Å². The highest BCUT2D eigenvalue weighted by atomic mass is 35.5. The molecule has 3 aromatic rings. The van der Waals surface area contributed by atoms with Crippen LogP contribution in [0.4, 0.5) is 23.7 Å². The van der Waals surface area contributed by atoms with Gasteiger partial charge in [-0.2, -0.15) is 22.8 Å². The van der Waals surface area contributed by atoms with Gasteiger partial charge in [-0.15, -0.1) is 0 Å². The molecule has 1 aliphatic rings. The van der Waals surface area contributed by atoms with Crippen molar-refractivity contribution in [2.24, 2.45) is 0 Å². The number of aryl methyl sites for hydroxylation is 1. The fraction of sp³-hybridized carbons (Fsp3) is 0.316. The summed E-state index contributed by atoms with van der Waals surface area (Å²) >= 11 is 6.07. The van der Waals surface area contributed by atoms with E-state index in [9.17, 15) is 18.0 Å². The molecule has 1 amide bonds. The Kier molecular flexibility index (Phi) is 4.85. The molecule has 152 valence electrons. The molecule has 1 N–H and O–H groups in total. The van der Waals surface area contributed by atoms with Gasteiger partial charge < -0.3 is 4.74 Å². The number of nitrogens with zero attached hydrogens (tertiary/aromatic N) is 3. The normalized spacial score (nSPS) is 14.7. The number of alkyl halides is 3. The molecular formula is C19H16ClF3N4O2. The first-order valence-electron chi connectivity index (χ1n) is 8.92. The number of nitrogens with one attached hydrogen (secondary N) is 1. The van der Waals surface area contributed by atoms with Gasteiger partial charge in [0.1, 0.15) is 5.15 Å². The molecule has 1 aromatic carbocycles. The maximum atomic E-state index is 13.0. The Morgan fingerprint density at radius 2 is 2.03 bits per heavy atom. The second-order valence-electron chi connectivity index (χ2n) is 6.98. The van der Waals surface area contributed by atoms with E-state index in [0.29, 0.717) is 17.1 Å². The van der Waals surface area contributed by atoms with E-state index in [-0.39, 0.29) is 16.7 Å². The first-order valence-corrected chi connectivity index (χ1v) is 9.30. The summed E-state index contributed by atoms with van der Waals surface area (Å²) in [7, 11) is 0. The van der Waals surface area contributed by atoms with Crippen LogP contribution in [0.15, 0.2) is 30.5 Å². The van der Waals surface area contributed by atoms with Gasteiger partial charge in [-0.3, -0.25) is 5.32 Å². The van der Waals surface area contributed by atoms with Crippen LogP contribution in [0, 0.1) is 6.92 Å². The maximum Gasteiger partial charge on any atom is 0.418 e. The van der Waals surface area contributed by atoms with Gasteiger partial charge in [0.05, 0.1) is 11.8 Å². The van der Waals surface area contributed by atoms with Crippen LogP contribution in [0.5, 0.6) is 5.88 Å². The predicted molar refractivity (Wildman–Crippen MR) is 100 cm³/mol. The SMILES string of the molecule is Cc1cc(NC(=O)Oc2cc(Cl)nc3c(C4CCC4)cnn23)cc(C(F)(F)F)c1. The summed E-state index contributed by atoms with van der Waals surface area (Å²) < 4.78 is 45.6. The van der Waals surface area contributed by atoms with E-state index in [1.165, 1.54) is 23.6 Å². The number of carbonyl (C=O) groups excluding carboxylic acids is 1. The van der Waals surface area contributed by atoms with Gasteiger partial charge in [0.25, 0.3) is 0 Å². The Morgan fingerprint density at radius 1 is 1.28 bits per heavy atom. The third-order valence-electron chi connectivity index (χ3n) is 4.83. The van der Waals surface area contributed by atoms with E-state index < -0.39 is 17.8 Å². The van der Waals surface area contributed by atoms with Crippen LogP contribution in [-0.2, 0) is 6.18 Å². The van der Waals surface area contributed by atoms with E-state index in [0.717, 1.165) is 37.0 Å². The second-order valence-corrected chi connectivity index (χ2v) is 7.37. The Labute approximate surface area is 168 Å². The van der Waals surface area contributed by atoms with Crippen molar-refractivity contribution in [2.75, 3.05) is 5.32 Å². The van der Waals surface area contributed by atoms with Gasteiger partial charge in [-0.05, 0) is 49.4 Å². The van der Waals surface area contributed by atoms with Gasteiger partial charge in [0, 0.05) is 17.3 Å². The average Bonchev–Trinajstić information content (AvgIpc) is 2.95. The first kappa shape index (κ1) is 19.5. The summed E-state index contributed by atoms with van der Waals surface area (Å²) in [6.07, 6.45) is -0.631. The Balaban J connectivity index is 1.58. The largest absolute Gasteiger partial charge is 0.418 e. The number of anilines is 1. The van der Waals surface area contributed by atoms with Crippen LogP contribution in [0.3, 0.4) is 0 Å². The molecule has 1 aliphatic carbocycles. The van der Waals surface area contributed by atoms with E-state index in [2.05, 4.69) is 15.4 Å². The average molecular weight is 425 g/mol. The number of aromatic nitrogens is 3. The van der Waals surface area contributed by atoms with Crippen molar-refractivity contribution in [3.8, 4) is 5.88 Å². The molecule has 4 rings (SSSR count). The van der Waals surface area contributed by atoms with Gasteiger partial charge in [-0.1, -0.05) is 18.0 Å². The van der Waals surface area contributed by atoms with E-state index in [1.807, 2.05) is 0 Å². The fourth-order valence-electron chi connectivity index (χ4n) is 3.26. The third-order valence-corrected chi connectivity index (χ3v) is 5.02. The molecule has 1 fully saturated rings. The summed E-state index contributed by atoms with van der Waals surface area (Å²) in [5, 5.41) is 6.66. The number of ether oxygens (including phenoxy) is 1. The second kappa shape index (κ2) is 7.22. The predicted octanol–water partition coefficient (Wildman–Crippen LogP) is 5.59. The van der Waals surface area contributed by atoms with Crippen LogP contribution < -0.4 is 10.1 Å². The summed E-state index contributed by atoms with van der Waals surface area (Å²) in [5.74, 6) is 0.361. The Bertz CT molecular complexity index is 1090. The van der Waals surface area contributed by atoms with Crippen LogP contribution in [0.25, 0.3) is 5.65 Å². The van der Waals surface area contributed by atoms with Crippen molar-refractivity contribution in [1.29, 1.82) is 0 Å². The molecule has 0 saturated heterocycles. The van der Waals surface area contributed by atoms with Crippen LogP contribution in [-0.4, -0.2) is 20.7 Å². The van der Waals surface area contributed by atoms with Crippen molar-refractivity contribution >= 4 is 29.0 Å². The van der Waals surface area contributed by atoms with E-state index in [1.54, 1.807) is 6.20 Å². The highest BCUT2D eigenvalue weighted by molar-refractivity contribution is 6.29. The van der Waals surface area contributed by atoms with Crippen molar-refractivity contribution in [1.82, 2.24) is 14.6 Å². The number of fused-ring (bicyclic) bond motifs is 1. The Morgan fingerprint density at radius 3 is 2.69 bits per heavy atom. The minimum absolute atomic E-state index is 0.0202. The smallest absolute Gasteiger partial charge is 0.391 e. The maximum absolute atomic E-state index is 13.0. The zero-order valence-corrected chi connectivity index (χ0v) is 16.0. The molecule has 6 nitrogen and oxygen atoms in total. The van der Waals surface area contributed by atoms with Crippen LogP contribution in [0.1, 0.15) is 41.9 Å². The Hall–Kier alpha value is -2.81. The van der Waals surface area contributed by atoms with Crippen molar-refractivity contribution < 1.29 is 22.7 Å². The minimum atomic E-state index is -4.52. The molecule has 0 radical (unpaired) electrons. The summed E-state index contributed by atoms with van der Waals surface area (Å²) in [5.41, 5.74) is 0.882. The van der Waals surface area contributed by atoms with E-state index in [4.69, 9.17) is 16.3 Å². The third kappa shape index (κ3) is 4.00. The number of carbonyl (C=O) groups is 1. The van der Waals surface area contributed by atoms with Gasteiger partial charge in [0.15, 0.2) is 5.65 Å². The summed E-state index contributed by atoms with van der Waals surface area (Å²) in [6, 6.07) is 4.57. The number of hydrogen-bond acceptors (Lipinski definition) is 4. The van der Waals surface area contributed by atoms with Crippen molar-refractivity contribution in [3.05, 3.63) is 52.3 Å². The highest BCUT2D eigenvalue weighted by Crippen LogP contribution is 2.38. The molecule has 0 aliphatic heterocycles. The molecule has 1 saturated carbocycles. The minimum Gasteiger partial charge on any atom is -0.391 e. The quantitative estimate of drug-likeness (QED) is 0.556. The van der Waals surface area contributed by atoms with E-state index >= 15 is 0 Å². The molecule has 0 unspecified atom stereocenters. The van der Waals surface area contributed by atoms with Gasteiger partial charge in [-0.25, -0.2) is 9.78 Å². The lowest BCUT2D eigenvalue weighted by Gasteiger charge is -2.24. The number of benzene rings is 1. The zero-order chi connectivity index (χ0) is 20.8.